The number of ether oxygens (including phenoxy) is 2. The van der Waals surface area contributed by atoms with E-state index in [1.54, 1.807) is 16.8 Å². The van der Waals surface area contributed by atoms with Gasteiger partial charge in [-0.15, -0.1) is 5.10 Å². The van der Waals surface area contributed by atoms with Crippen LogP contribution in [0.15, 0.2) is 47.0 Å². The smallest absolute Gasteiger partial charge is 0.231 e. The zero-order valence-corrected chi connectivity index (χ0v) is 18.6. The third-order valence-corrected chi connectivity index (χ3v) is 6.17. The molecular formula is C24H28N6O3. The molecular weight excluding hydrogens is 420 g/mol. The summed E-state index contributed by atoms with van der Waals surface area (Å²) < 4.78 is 19.7. The lowest BCUT2D eigenvalue weighted by Gasteiger charge is -2.27. The highest BCUT2D eigenvalue weighted by atomic mass is 16.5. The van der Waals surface area contributed by atoms with Crippen LogP contribution in [0.1, 0.15) is 19.8 Å². The summed E-state index contributed by atoms with van der Waals surface area (Å²) in [7, 11) is 0. The Hall–Kier alpha value is -3.14. The maximum atomic E-state index is 6.27. The van der Waals surface area contributed by atoms with Crippen LogP contribution in [0.5, 0.6) is 5.88 Å². The normalized spacial score (nSPS) is 21.2. The number of hydrogen-bond donors (Lipinski definition) is 2. The summed E-state index contributed by atoms with van der Waals surface area (Å²) in [5.41, 5.74) is 9.34. The topological polar surface area (TPSA) is 113 Å². The van der Waals surface area contributed by atoms with Gasteiger partial charge >= 0.3 is 0 Å². The fraction of sp³-hybridized carbons (Fsp3) is 0.417. The van der Waals surface area contributed by atoms with E-state index in [4.69, 9.17) is 19.6 Å². The van der Waals surface area contributed by atoms with Crippen molar-refractivity contribution in [3.05, 3.63) is 42.6 Å². The molecule has 2 fully saturated rings. The van der Waals surface area contributed by atoms with Crippen molar-refractivity contribution in [2.45, 2.75) is 38.1 Å². The van der Waals surface area contributed by atoms with E-state index in [2.05, 4.69) is 38.5 Å². The SMILES string of the molecule is C[C@H](N)COc1ccc2ncc(-c3cc4c(N5CCC[C@@H]5COC5CN5)cccc4o3)n2n1. The van der Waals surface area contributed by atoms with Crippen LogP contribution in [0.2, 0.25) is 0 Å². The van der Waals surface area contributed by atoms with Gasteiger partial charge in [-0.1, -0.05) is 6.07 Å². The number of nitrogens with one attached hydrogen (secondary N) is 1. The average Bonchev–Trinajstić information content (AvgIpc) is 3.20. The van der Waals surface area contributed by atoms with Crippen LogP contribution >= 0.6 is 0 Å². The maximum absolute atomic E-state index is 6.27. The van der Waals surface area contributed by atoms with Crippen molar-refractivity contribution in [1.82, 2.24) is 19.9 Å². The van der Waals surface area contributed by atoms with Gasteiger partial charge in [0.25, 0.3) is 0 Å². The largest absolute Gasteiger partial charge is 0.475 e. The number of hydrogen-bond acceptors (Lipinski definition) is 8. The van der Waals surface area contributed by atoms with Gasteiger partial charge in [-0.2, -0.15) is 0 Å². The van der Waals surface area contributed by atoms with Crippen molar-refractivity contribution in [1.29, 1.82) is 0 Å². The number of furan rings is 1. The van der Waals surface area contributed by atoms with E-state index in [1.165, 1.54) is 5.69 Å². The number of rotatable bonds is 8. The van der Waals surface area contributed by atoms with E-state index >= 15 is 0 Å². The molecule has 1 aromatic carbocycles. The molecule has 1 unspecified atom stereocenters. The first-order chi connectivity index (χ1) is 16.2. The predicted molar refractivity (Wildman–Crippen MR) is 125 cm³/mol. The highest BCUT2D eigenvalue weighted by Gasteiger charge is 2.30. The first-order valence-corrected chi connectivity index (χ1v) is 11.5. The molecule has 2 aliphatic heterocycles. The molecule has 3 N–H and O–H groups in total. The minimum absolute atomic E-state index is 0.0705. The second-order valence-corrected chi connectivity index (χ2v) is 8.89. The molecule has 4 aromatic rings. The Labute approximate surface area is 191 Å². The minimum Gasteiger partial charge on any atom is -0.475 e. The molecule has 0 spiro atoms. The second-order valence-electron chi connectivity index (χ2n) is 8.89. The second kappa shape index (κ2) is 8.33. The third kappa shape index (κ3) is 4.03. The summed E-state index contributed by atoms with van der Waals surface area (Å²) in [5, 5.41) is 8.89. The minimum atomic E-state index is -0.0705. The molecule has 9 nitrogen and oxygen atoms in total. The molecule has 2 saturated heterocycles. The number of imidazole rings is 1. The van der Waals surface area contributed by atoms with E-state index in [0.717, 1.165) is 60.6 Å². The number of fused-ring (bicyclic) bond motifs is 2. The zero-order valence-electron chi connectivity index (χ0n) is 18.6. The number of aromatic nitrogens is 3. The molecule has 0 bridgehead atoms. The van der Waals surface area contributed by atoms with Gasteiger partial charge in [0, 0.05) is 36.3 Å². The van der Waals surface area contributed by atoms with E-state index in [0.29, 0.717) is 18.5 Å². The van der Waals surface area contributed by atoms with E-state index < -0.39 is 0 Å². The Morgan fingerprint density at radius 2 is 2.21 bits per heavy atom. The van der Waals surface area contributed by atoms with Crippen LogP contribution in [0.4, 0.5) is 5.69 Å². The van der Waals surface area contributed by atoms with Gasteiger partial charge < -0.3 is 24.5 Å². The van der Waals surface area contributed by atoms with Gasteiger partial charge in [0.15, 0.2) is 11.4 Å². The van der Waals surface area contributed by atoms with Crippen molar-refractivity contribution in [3.63, 3.8) is 0 Å². The first-order valence-electron chi connectivity index (χ1n) is 11.5. The van der Waals surface area contributed by atoms with Crippen molar-refractivity contribution < 1.29 is 13.9 Å². The number of nitrogens with two attached hydrogens (primary N) is 1. The first kappa shape index (κ1) is 20.5. The molecule has 5 heterocycles. The Kier molecular flexibility index (Phi) is 5.17. The lowest BCUT2D eigenvalue weighted by molar-refractivity contribution is 0.105. The Bertz CT molecular complexity index is 1280. The van der Waals surface area contributed by atoms with Gasteiger partial charge in [0.1, 0.15) is 24.1 Å². The van der Waals surface area contributed by atoms with Crippen molar-refractivity contribution in [3.8, 4) is 17.3 Å². The molecule has 0 saturated carbocycles. The number of nitrogens with zero attached hydrogens (tertiary/aromatic N) is 4. The molecule has 0 amide bonds. The molecule has 172 valence electrons. The van der Waals surface area contributed by atoms with Crippen LogP contribution in [-0.4, -0.2) is 59.2 Å². The standard InChI is InChI=1S/C24H28N6O3/c1-15(25)13-31-23-8-7-22-26-11-19(30(22)28-23)21-10-17-18(5-2-6-20(17)33-21)29-9-3-4-16(29)14-32-24-12-27-24/h2,5-8,10-11,15-16,24,27H,3-4,9,12-14,25H2,1H3/t15-,16+,24?/m0/s1. The molecule has 0 aliphatic carbocycles. The maximum Gasteiger partial charge on any atom is 0.231 e. The molecule has 2 aliphatic rings. The predicted octanol–water partition coefficient (Wildman–Crippen LogP) is 2.78. The van der Waals surface area contributed by atoms with Crippen molar-refractivity contribution in [2.24, 2.45) is 5.73 Å². The lowest BCUT2D eigenvalue weighted by atomic mass is 10.1. The highest BCUT2D eigenvalue weighted by molar-refractivity contribution is 5.94. The average molecular weight is 449 g/mol. The summed E-state index contributed by atoms with van der Waals surface area (Å²) in [6.45, 7) is 5.00. The number of anilines is 1. The summed E-state index contributed by atoms with van der Waals surface area (Å²) in [6, 6.07) is 12.3. The summed E-state index contributed by atoms with van der Waals surface area (Å²) in [4.78, 5) is 6.94. The molecule has 9 heteroatoms. The Morgan fingerprint density at radius 3 is 3.06 bits per heavy atom. The van der Waals surface area contributed by atoms with Crippen LogP contribution in [-0.2, 0) is 4.74 Å². The molecule has 6 rings (SSSR count). The molecule has 33 heavy (non-hydrogen) atoms. The van der Waals surface area contributed by atoms with Crippen LogP contribution in [0.3, 0.4) is 0 Å². The summed E-state index contributed by atoms with van der Waals surface area (Å²) >= 11 is 0. The van der Waals surface area contributed by atoms with Crippen LogP contribution in [0.25, 0.3) is 28.1 Å². The highest BCUT2D eigenvalue weighted by Crippen LogP contribution is 2.37. The number of benzene rings is 1. The Balaban J connectivity index is 1.33. The van der Waals surface area contributed by atoms with Gasteiger partial charge in [0.05, 0.1) is 18.8 Å². The van der Waals surface area contributed by atoms with E-state index in [9.17, 15) is 0 Å². The molecule has 3 atom stereocenters. The van der Waals surface area contributed by atoms with Gasteiger partial charge in [-0.05, 0) is 44.0 Å². The fourth-order valence-corrected chi connectivity index (χ4v) is 4.46. The van der Waals surface area contributed by atoms with Gasteiger partial charge in [-0.3, -0.25) is 5.32 Å². The Morgan fingerprint density at radius 1 is 1.30 bits per heavy atom. The van der Waals surface area contributed by atoms with E-state index in [-0.39, 0.29) is 12.3 Å². The summed E-state index contributed by atoms with van der Waals surface area (Å²) in [5.74, 6) is 1.22. The fourth-order valence-electron chi connectivity index (χ4n) is 4.46. The van der Waals surface area contributed by atoms with E-state index in [1.807, 2.05) is 19.1 Å². The van der Waals surface area contributed by atoms with Gasteiger partial charge in [-0.25, -0.2) is 9.50 Å². The van der Waals surface area contributed by atoms with Crippen LogP contribution < -0.4 is 20.7 Å². The quantitative estimate of drug-likeness (QED) is 0.396. The van der Waals surface area contributed by atoms with Gasteiger partial charge in [0.2, 0.25) is 5.88 Å². The summed E-state index contributed by atoms with van der Waals surface area (Å²) in [6.07, 6.45) is 4.31. The van der Waals surface area contributed by atoms with Crippen molar-refractivity contribution in [2.75, 3.05) is 31.2 Å². The monoisotopic (exact) mass is 448 g/mol. The molecule has 3 aromatic heterocycles. The molecule has 0 radical (unpaired) electrons. The zero-order chi connectivity index (χ0) is 22.4. The third-order valence-electron chi connectivity index (χ3n) is 6.17. The lowest BCUT2D eigenvalue weighted by Crippen LogP contribution is -2.33. The van der Waals surface area contributed by atoms with Crippen LogP contribution in [0, 0.1) is 0 Å². The van der Waals surface area contributed by atoms with Crippen molar-refractivity contribution >= 4 is 22.3 Å².